The monoisotopic (exact) mass is 236 g/mol. The summed E-state index contributed by atoms with van der Waals surface area (Å²) in [7, 11) is 1.73. The minimum absolute atomic E-state index is 0.148. The van der Waals surface area contributed by atoms with E-state index >= 15 is 0 Å². The topological polar surface area (TPSA) is 57.4 Å². The Labute approximate surface area is 102 Å². The lowest BCUT2D eigenvalue weighted by Gasteiger charge is -2.41. The van der Waals surface area contributed by atoms with Crippen LogP contribution in [0, 0.1) is 6.92 Å². The maximum atomic E-state index is 6.40. The molecule has 4 nitrogen and oxygen atoms in total. The van der Waals surface area contributed by atoms with E-state index in [9.17, 15) is 0 Å². The van der Waals surface area contributed by atoms with Gasteiger partial charge in [-0.1, -0.05) is 0 Å². The zero-order chi connectivity index (χ0) is 12.3. The first kappa shape index (κ1) is 12.5. The first-order valence-corrected chi connectivity index (χ1v) is 5.98. The molecule has 0 radical (unpaired) electrons. The molecule has 0 aliphatic carbocycles. The lowest BCUT2D eigenvalue weighted by atomic mass is 9.82. The van der Waals surface area contributed by atoms with Crippen LogP contribution in [-0.4, -0.2) is 30.9 Å². The summed E-state index contributed by atoms with van der Waals surface area (Å²) < 4.78 is 11.1. The molecule has 17 heavy (non-hydrogen) atoms. The zero-order valence-electron chi connectivity index (χ0n) is 10.5. The van der Waals surface area contributed by atoms with Gasteiger partial charge in [0, 0.05) is 45.6 Å². The zero-order valence-corrected chi connectivity index (χ0v) is 10.5. The summed E-state index contributed by atoms with van der Waals surface area (Å²) in [5.41, 5.74) is 8.31. The fraction of sp³-hybridized carbons (Fsp3) is 0.615. The molecule has 1 aromatic rings. The van der Waals surface area contributed by atoms with Crippen LogP contribution in [0.3, 0.4) is 0 Å². The number of methoxy groups -OCH3 is 1. The first-order valence-electron chi connectivity index (χ1n) is 5.98. The van der Waals surface area contributed by atoms with Gasteiger partial charge in [-0.3, -0.25) is 4.98 Å². The summed E-state index contributed by atoms with van der Waals surface area (Å²) in [6.45, 7) is 3.47. The van der Waals surface area contributed by atoms with Crippen LogP contribution in [-0.2, 0) is 9.47 Å². The normalized spacial score (nSPS) is 21.1. The van der Waals surface area contributed by atoms with Gasteiger partial charge in [-0.15, -0.1) is 0 Å². The molecule has 2 heterocycles. The Morgan fingerprint density at radius 3 is 2.76 bits per heavy atom. The number of rotatable bonds is 3. The van der Waals surface area contributed by atoms with Crippen molar-refractivity contribution < 1.29 is 9.47 Å². The third-order valence-corrected chi connectivity index (χ3v) is 3.73. The summed E-state index contributed by atoms with van der Waals surface area (Å²) in [5, 5.41) is 0. The molecule has 0 aromatic carbocycles. The molecule has 1 saturated heterocycles. The van der Waals surface area contributed by atoms with Crippen LogP contribution < -0.4 is 5.73 Å². The van der Waals surface area contributed by atoms with Crippen molar-refractivity contribution in [2.75, 3.05) is 20.3 Å². The van der Waals surface area contributed by atoms with Crippen LogP contribution in [0.5, 0.6) is 0 Å². The van der Waals surface area contributed by atoms with E-state index in [2.05, 4.69) is 11.9 Å². The Morgan fingerprint density at radius 2 is 2.18 bits per heavy atom. The molecular weight excluding hydrogens is 216 g/mol. The molecule has 1 aromatic heterocycles. The van der Waals surface area contributed by atoms with E-state index in [-0.39, 0.29) is 11.6 Å². The van der Waals surface area contributed by atoms with Crippen molar-refractivity contribution in [3.63, 3.8) is 0 Å². The maximum Gasteiger partial charge on any atom is 0.0914 e. The minimum Gasteiger partial charge on any atom is -0.381 e. The number of pyridine rings is 1. The summed E-state index contributed by atoms with van der Waals surface area (Å²) in [6, 6.07) is 1.84. The number of ether oxygens (including phenoxy) is 2. The van der Waals surface area contributed by atoms with Gasteiger partial charge in [-0.2, -0.15) is 0 Å². The van der Waals surface area contributed by atoms with E-state index in [0.29, 0.717) is 13.2 Å². The number of hydrogen-bond donors (Lipinski definition) is 1. The molecular formula is C13H20N2O2. The maximum absolute atomic E-state index is 6.40. The second-order valence-corrected chi connectivity index (χ2v) is 4.59. The molecule has 0 bridgehead atoms. The Morgan fingerprint density at radius 1 is 1.47 bits per heavy atom. The fourth-order valence-corrected chi connectivity index (χ4v) is 2.44. The molecule has 0 saturated carbocycles. The molecule has 2 rings (SSSR count). The van der Waals surface area contributed by atoms with Crippen molar-refractivity contribution in [2.45, 2.75) is 31.4 Å². The van der Waals surface area contributed by atoms with Crippen LogP contribution in [0.25, 0.3) is 0 Å². The van der Waals surface area contributed by atoms with Gasteiger partial charge in [0.2, 0.25) is 0 Å². The Balaban J connectivity index is 2.28. The van der Waals surface area contributed by atoms with E-state index in [1.807, 2.05) is 12.3 Å². The number of nitrogens with two attached hydrogens (primary N) is 1. The highest BCUT2D eigenvalue weighted by Crippen LogP contribution is 2.36. The quantitative estimate of drug-likeness (QED) is 0.865. The lowest BCUT2D eigenvalue weighted by molar-refractivity contribution is -0.105. The molecule has 4 heteroatoms. The third kappa shape index (κ3) is 2.34. The van der Waals surface area contributed by atoms with E-state index in [4.69, 9.17) is 15.2 Å². The van der Waals surface area contributed by atoms with E-state index < -0.39 is 0 Å². The molecule has 0 amide bonds. The smallest absolute Gasteiger partial charge is 0.0914 e. The Kier molecular flexibility index (Phi) is 3.76. The van der Waals surface area contributed by atoms with E-state index in [1.54, 1.807) is 13.3 Å². The van der Waals surface area contributed by atoms with Crippen molar-refractivity contribution >= 4 is 0 Å². The molecule has 94 valence electrons. The van der Waals surface area contributed by atoms with Crippen molar-refractivity contribution in [1.29, 1.82) is 0 Å². The minimum atomic E-state index is -0.313. The predicted molar refractivity (Wildman–Crippen MR) is 65.7 cm³/mol. The molecule has 1 aliphatic rings. The van der Waals surface area contributed by atoms with Gasteiger partial charge < -0.3 is 15.2 Å². The largest absolute Gasteiger partial charge is 0.381 e. The van der Waals surface area contributed by atoms with E-state index in [1.165, 1.54) is 0 Å². The van der Waals surface area contributed by atoms with Crippen molar-refractivity contribution in [1.82, 2.24) is 4.98 Å². The average Bonchev–Trinajstić information content (AvgIpc) is 2.39. The summed E-state index contributed by atoms with van der Waals surface area (Å²) in [4.78, 5) is 4.16. The van der Waals surface area contributed by atoms with E-state index in [0.717, 1.165) is 24.0 Å². The second-order valence-electron chi connectivity index (χ2n) is 4.59. The van der Waals surface area contributed by atoms with Crippen LogP contribution in [0.15, 0.2) is 18.5 Å². The summed E-state index contributed by atoms with van der Waals surface area (Å²) in [5.74, 6) is 0. The molecule has 1 unspecified atom stereocenters. The van der Waals surface area contributed by atoms with Crippen LogP contribution in [0.4, 0.5) is 0 Å². The fourth-order valence-electron chi connectivity index (χ4n) is 2.44. The summed E-state index contributed by atoms with van der Waals surface area (Å²) >= 11 is 0. The number of aromatic nitrogens is 1. The molecule has 2 N–H and O–H groups in total. The van der Waals surface area contributed by atoms with Crippen molar-refractivity contribution in [2.24, 2.45) is 5.73 Å². The standard InChI is InChI=1S/C13H20N2O2/c1-10-3-6-15-9-11(10)12(14)13(16-2)4-7-17-8-5-13/h3,6,9,12H,4-5,7-8,14H2,1-2H3. The van der Waals surface area contributed by atoms with Crippen LogP contribution in [0.1, 0.15) is 30.0 Å². The van der Waals surface area contributed by atoms with Crippen LogP contribution >= 0.6 is 0 Å². The number of hydrogen-bond acceptors (Lipinski definition) is 4. The van der Waals surface area contributed by atoms with Gasteiger partial charge in [-0.05, 0) is 24.1 Å². The van der Waals surface area contributed by atoms with Gasteiger partial charge in [-0.25, -0.2) is 0 Å². The lowest BCUT2D eigenvalue weighted by Crippen LogP contribution is -2.47. The Hall–Kier alpha value is -0.970. The van der Waals surface area contributed by atoms with Gasteiger partial charge in [0.05, 0.1) is 11.6 Å². The highest BCUT2D eigenvalue weighted by Gasteiger charge is 2.40. The Bertz CT molecular complexity index is 375. The van der Waals surface area contributed by atoms with Gasteiger partial charge >= 0.3 is 0 Å². The molecule has 1 atom stereocenters. The molecule has 1 aliphatic heterocycles. The average molecular weight is 236 g/mol. The predicted octanol–water partition coefficient (Wildman–Crippen LogP) is 1.59. The first-order chi connectivity index (χ1) is 8.19. The highest BCUT2D eigenvalue weighted by molar-refractivity contribution is 5.27. The molecule has 0 spiro atoms. The van der Waals surface area contributed by atoms with Gasteiger partial charge in [0.25, 0.3) is 0 Å². The SMILES string of the molecule is COC1(C(N)c2cnccc2C)CCOCC1. The molecule has 1 fully saturated rings. The highest BCUT2D eigenvalue weighted by atomic mass is 16.5. The van der Waals surface area contributed by atoms with Crippen molar-refractivity contribution in [3.8, 4) is 0 Å². The van der Waals surface area contributed by atoms with Gasteiger partial charge in [0.1, 0.15) is 0 Å². The van der Waals surface area contributed by atoms with Crippen LogP contribution in [0.2, 0.25) is 0 Å². The number of aryl methyl sites for hydroxylation is 1. The second kappa shape index (κ2) is 5.12. The third-order valence-electron chi connectivity index (χ3n) is 3.73. The number of nitrogens with zero attached hydrogens (tertiary/aromatic N) is 1. The summed E-state index contributed by atoms with van der Waals surface area (Å²) in [6.07, 6.45) is 5.29. The van der Waals surface area contributed by atoms with Gasteiger partial charge in [0.15, 0.2) is 0 Å². The van der Waals surface area contributed by atoms with Crippen molar-refractivity contribution in [3.05, 3.63) is 29.6 Å².